The third-order valence-electron chi connectivity index (χ3n) is 3.03. The van der Waals surface area contributed by atoms with Crippen molar-refractivity contribution in [1.82, 2.24) is 10.3 Å². The van der Waals surface area contributed by atoms with Gasteiger partial charge in [-0.1, -0.05) is 0 Å². The van der Waals surface area contributed by atoms with Crippen molar-refractivity contribution >= 4 is 16.5 Å². The third kappa shape index (κ3) is 2.92. The van der Waals surface area contributed by atoms with Gasteiger partial charge in [-0.2, -0.15) is 0 Å². The van der Waals surface area contributed by atoms with Crippen molar-refractivity contribution < 1.29 is 0 Å². The largest absolute Gasteiger partial charge is 0.361 e. The molecule has 1 aliphatic heterocycles. The summed E-state index contributed by atoms with van der Waals surface area (Å²) in [5.41, 5.74) is 1.16. The third-order valence-corrected chi connectivity index (χ3v) is 4.06. The predicted molar refractivity (Wildman–Crippen MR) is 65.7 cm³/mol. The van der Waals surface area contributed by atoms with Gasteiger partial charge in [0, 0.05) is 11.4 Å². The molecule has 84 valence electrons. The number of aromatic nitrogens is 1. The van der Waals surface area contributed by atoms with Gasteiger partial charge in [0.05, 0.1) is 5.69 Å². The van der Waals surface area contributed by atoms with E-state index in [1.165, 1.54) is 30.8 Å². The van der Waals surface area contributed by atoms with Crippen LogP contribution in [-0.4, -0.2) is 24.6 Å². The van der Waals surface area contributed by atoms with Crippen LogP contribution in [0.5, 0.6) is 0 Å². The highest BCUT2D eigenvalue weighted by Crippen LogP contribution is 2.22. The summed E-state index contributed by atoms with van der Waals surface area (Å²) in [7, 11) is 0. The Hall–Kier alpha value is -0.610. The molecule has 0 unspecified atom stereocenters. The molecule has 15 heavy (non-hydrogen) atoms. The second kappa shape index (κ2) is 4.94. The van der Waals surface area contributed by atoms with Crippen molar-refractivity contribution in [3.05, 3.63) is 10.6 Å². The van der Waals surface area contributed by atoms with Crippen molar-refractivity contribution in [2.75, 3.05) is 25.0 Å². The van der Waals surface area contributed by atoms with Gasteiger partial charge in [-0.3, -0.25) is 0 Å². The molecule has 2 N–H and O–H groups in total. The number of anilines is 1. The van der Waals surface area contributed by atoms with Gasteiger partial charge in [0.1, 0.15) is 0 Å². The highest BCUT2D eigenvalue weighted by atomic mass is 32.1. The summed E-state index contributed by atoms with van der Waals surface area (Å²) in [4.78, 5) is 5.81. The van der Waals surface area contributed by atoms with E-state index in [2.05, 4.69) is 29.5 Å². The summed E-state index contributed by atoms with van der Waals surface area (Å²) in [5.74, 6) is 0.816. The summed E-state index contributed by atoms with van der Waals surface area (Å²) in [6, 6.07) is 0. The van der Waals surface area contributed by atoms with Gasteiger partial charge >= 0.3 is 0 Å². The molecule has 2 heterocycles. The van der Waals surface area contributed by atoms with Gasteiger partial charge in [-0.15, -0.1) is 11.3 Å². The van der Waals surface area contributed by atoms with Crippen LogP contribution >= 0.6 is 11.3 Å². The second-order valence-electron chi connectivity index (χ2n) is 4.23. The SMILES string of the molecule is Cc1nc(NCC2CCNCC2)sc1C. The van der Waals surface area contributed by atoms with E-state index in [1.807, 2.05) is 0 Å². The van der Waals surface area contributed by atoms with Crippen LogP contribution in [0.25, 0.3) is 0 Å². The average Bonchev–Trinajstić information content (AvgIpc) is 2.57. The average molecular weight is 225 g/mol. The maximum absolute atomic E-state index is 4.49. The van der Waals surface area contributed by atoms with Crippen LogP contribution in [0.2, 0.25) is 0 Å². The fraction of sp³-hybridized carbons (Fsp3) is 0.727. The normalized spacial score (nSPS) is 18.0. The molecule has 0 bridgehead atoms. The van der Waals surface area contributed by atoms with E-state index in [1.54, 1.807) is 11.3 Å². The quantitative estimate of drug-likeness (QED) is 0.828. The van der Waals surface area contributed by atoms with Crippen LogP contribution < -0.4 is 10.6 Å². The summed E-state index contributed by atoms with van der Waals surface area (Å²) in [5, 5.41) is 7.93. The van der Waals surface area contributed by atoms with E-state index >= 15 is 0 Å². The Balaban J connectivity index is 1.81. The fourth-order valence-corrected chi connectivity index (χ4v) is 2.69. The van der Waals surface area contributed by atoms with E-state index < -0.39 is 0 Å². The Bertz CT molecular complexity index is 296. The van der Waals surface area contributed by atoms with E-state index in [-0.39, 0.29) is 0 Å². The molecule has 1 aromatic rings. The number of rotatable bonds is 3. The Morgan fingerprint density at radius 1 is 1.40 bits per heavy atom. The first-order valence-corrected chi connectivity index (χ1v) is 6.46. The molecule has 2 rings (SSSR count). The van der Waals surface area contributed by atoms with Gasteiger partial charge in [0.25, 0.3) is 0 Å². The highest BCUT2D eigenvalue weighted by molar-refractivity contribution is 7.15. The van der Waals surface area contributed by atoms with Crippen LogP contribution in [0.3, 0.4) is 0 Å². The first-order valence-electron chi connectivity index (χ1n) is 5.64. The lowest BCUT2D eigenvalue weighted by molar-refractivity contribution is 0.390. The van der Waals surface area contributed by atoms with Crippen molar-refractivity contribution in [3.63, 3.8) is 0 Å². The summed E-state index contributed by atoms with van der Waals surface area (Å²) < 4.78 is 0. The zero-order valence-corrected chi connectivity index (χ0v) is 10.3. The smallest absolute Gasteiger partial charge is 0.183 e. The zero-order chi connectivity index (χ0) is 10.7. The zero-order valence-electron chi connectivity index (χ0n) is 9.47. The molecule has 0 aromatic carbocycles. The van der Waals surface area contributed by atoms with Crippen molar-refractivity contribution in [3.8, 4) is 0 Å². The molecule has 1 aliphatic rings. The van der Waals surface area contributed by atoms with E-state index in [4.69, 9.17) is 0 Å². The number of hydrogen-bond acceptors (Lipinski definition) is 4. The Morgan fingerprint density at radius 2 is 2.13 bits per heavy atom. The van der Waals surface area contributed by atoms with Gasteiger partial charge in [0.2, 0.25) is 0 Å². The molecule has 0 saturated carbocycles. The topological polar surface area (TPSA) is 37.0 Å². The molecular weight excluding hydrogens is 206 g/mol. The first-order chi connectivity index (χ1) is 7.25. The van der Waals surface area contributed by atoms with Gasteiger partial charge in [-0.25, -0.2) is 4.98 Å². The number of hydrogen-bond donors (Lipinski definition) is 2. The van der Waals surface area contributed by atoms with Gasteiger partial charge < -0.3 is 10.6 Å². The Labute approximate surface area is 95.3 Å². The highest BCUT2D eigenvalue weighted by Gasteiger charge is 2.13. The minimum atomic E-state index is 0.816. The molecule has 4 heteroatoms. The number of nitrogens with one attached hydrogen (secondary N) is 2. The number of piperidine rings is 1. The monoisotopic (exact) mass is 225 g/mol. The second-order valence-corrected chi connectivity index (χ2v) is 5.44. The lowest BCUT2D eigenvalue weighted by Gasteiger charge is -2.22. The molecule has 3 nitrogen and oxygen atoms in total. The molecule has 0 aliphatic carbocycles. The van der Waals surface area contributed by atoms with E-state index in [9.17, 15) is 0 Å². The molecule has 0 radical (unpaired) electrons. The molecular formula is C11H19N3S. The molecule has 1 fully saturated rings. The summed E-state index contributed by atoms with van der Waals surface area (Å²) >= 11 is 1.77. The first kappa shape index (κ1) is 10.9. The molecule has 0 atom stereocenters. The number of nitrogens with zero attached hydrogens (tertiary/aromatic N) is 1. The molecule has 0 spiro atoms. The van der Waals surface area contributed by atoms with Crippen LogP contribution in [0.15, 0.2) is 0 Å². The molecule has 1 saturated heterocycles. The van der Waals surface area contributed by atoms with Crippen LogP contribution in [-0.2, 0) is 0 Å². The van der Waals surface area contributed by atoms with Gasteiger partial charge in [-0.05, 0) is 45.7 Å². The number of thiazole rings is 1. The summed E-state index contributed by atoms with van der Waals surface area (Å²) in [6.45, 7) is 7.61. The molecule has 0 amide bonds. The van der Waals surface area contributed by atoms with Crippen molar-refractivity contribution in [2.24, 2.45) is 5.92 Å². The molecule has 1 aromatic heterocycles. The standard InChI is InChI=1S/C11H19N3S/c1-8-9(2)15-11(14-8)13-7-10-3-5-12-6-4-10/h10,12H,3-7H2,1-2H3,(H,13,14). The minimum absolute atomic E-state index is 0.816. The van der Waals surface area contributed by atoms with E-state index in [0.717, 1.165) is 23.3 Å². The minimum Gasteiger partial charge on any atom is -0.361 e. The van der Waals surface area contributed by atoms with Crippen LogP contribution in [0, 0.1) is 19.8 Å². The Morgan fingerprint density at radius 3 is 2.73 bits per heavy atom. The van der Waals surface area contributed by atoms with Crippen molar-refractivity contribution in [2.45, 2.75) is 26.7 Å². The predicted octanol–water partition coefficient (Wildman–Crippen LogP) is 2.17. The van der Waals surface area contributed by atoms with E-state index in [0.29, 0.717) is 0 Å². The summed E-state index contributed by atoms with van der Waals surface area (Å²) in [6.07, 6.45) is 2.58. The number of aryl methyl sites for hydroxylation is 2. The maximum Gasteiger partial charge on any atom is 0.183 e. The lowest BCUT2D eigenvalue weighted by Crippen LogP contribution is -2.31. The maximum atomic E-state index is 4.49. The van der Waals surface area contributed by atoms with Crippen LogP contribution in [0.1, 0.15) is 23.4 Å². The fourth-order valence-electron chi connectivity index (χ4n) is 1.87. The van der Waals surface area contributed by atoms with Crippen molar-refractivity contribution in [1.29, 1.82) is 0 Å². The Kier molecular flexibility index (Phi) is 3.59. The lowest BCUT2D eigenvalue weighted by atomic mass is 9.98. The van der Waals surface area contributed by atoms with Gasteiger partial charge in [0.15, 0.2) is 5.13 Å². The van der Waals surface area contributed by atoms with Crippen LogP contribution in [0.4, 0.5) is 5.13 Å².